The van der Waals surface area contributed by atoms with Gasteiger partial charge in [0.1, 0.15) is 0 Å². The van der Waals surface area contributed by atoms with Crippen LogP contribution >= 0.6 is 0 Å². The molecule has 1 unspecified atom stereocenters. The maximum Gasteiger partial charge on any atom is 0.0370 e. The van der Waals surface area contributed by atoms with Crippen LogP contribution in [-0.2, 0) is 6.42 Å². The average Bonchev–Trinajstić information content (AvgIpc) is 2.28. The lowest BCUT2D eigenvalue weighted by Crippen LogP contribution is -1.98. The topological polar surface area (TPSA) is 12.0 Å². The highest BCUT2D eigenvalue weighted by molar-refractivity contribution is 5.52. The van der Waals surface area contributed by atoms with E-state index in [0.717, 1.165) is 6.42 Å². The molecule has 1 atom stereocenters. The summed E-state index contributed by atoms with van der Waals surface area (Å²) in [7, 11) is 1.99. The Kier molecular flexibility index (Phi) is 4.67. The van der Waals surface area contributed by atoms with Gasteiger partial charge in [0.25, 0.3) is 0 Å². The Morgan fingerprint density at radius 3 is 2.53 bits per heavy atom. The summed E-state index contributed by atoms with van der Waals surface area (Å²) >= 11 is 0. The lowest BCUT2D eigenvalue weighted by Gasteiger charge is -2.14. The highest BCUT2D eigenvalue weighted by Gasteiger charge is 2.06. The largest absolute Gasteiger partial charge is 0.388 e. The summed E-state index contributed by atoms with van der Waals surface area (Å²) in [6.45, 7) is 6.78. The van der Waals surface area contributed by atoms with Gasteiger partial charge in [-0.2, -0.15) is 0 Å². The smallest absolute Gasteiger partial charge is 0.0370 e. The molecule has 1 heteroatoms. The fourth-order valence-electron chi connectivity index (χ4n) is 2.06. The average molecular weight is 205 g/mol. The van der Waals surface area contributed by atoms with Crippen LogP contribution in [0.25, 0.3) is 0 Å². The molecule has 1 nitrogen and oxygen atoms in total. The molecule has 0 fully saturated rings. The van der Waals surface area contributed by atoms with Gasteiger partial charge in [-0.1, -0.05) is 39.3 Å². The van der Waals surface area contributed by atoms with E-state index in [9.17, 15) is 0 Å². The first-order valence-corrected chi connectivity index (χ1v) is 6.03. The molecule has 1 aromatic carbocycles. The molecule has 0 aromatic heterocycles. The van der Waals surface area contributed by atoms with Crippen molar-refractivity contribution in [2.45, 2.75) is 46.0 Å². The van der Waals surface area contributed by atoms with Crippen molar-refractivity contribution in [3.05, 3.63) is 29.3 Å². The lowest BCUT2D eigenvalue weighted by atomic mass is 9.94. The standard InChI is InChI=1S/C14H23N/c1-5-7-11(3)13-8-9-14(15-4)12(6-2)10-13/h8-11,15H,5-7H2,1-4H3. The molecule has 0 radical (unpaired) electrons. The molecule has 1 aromatic rings. The highest BCUT2D eigenvalue weighted by Crippen LogP contribution is 2.25. The molecule has 84 valence electrons. The fraction of sp³-hybridized carbons (Fsp3) is 0.571. The fourth-order valence-corrected chi connectivity index (χ4v) is 2.06. The molecule has 0 saturated heterocycles. The maximum atomic E-state index is 3.24. The Labute approximate surface area is 93.9 Å². The zero-order chi connectivity index (χ0) is 11.3. The van der Waals surface area contributed by atoms with E-state index in [1.165, 1.54) is 29.7 Å². The van der Waals surface area contributed by atoms with Crippen molar-refractivity contribution in [2.75, 3.05) is 12.4 Å². The number of rotatable bonds is 5. The van der Waals surface area contributed by atoms with E-state index in [-0.39, 0.29) is 0 Å². The number of anilines is 1. The second kappa shape index (κ2) is 5.79. The van der Waals surface area contributed by atoms with E-state index in [2.05, 4.69) is 44.3 Å². The van der Waals surface area contributed by atoms with E-state index >= 15 is 0 Å². The maximum absolute atomic E-state index is 3.24. The van der Waals surface area contributed by atoms with Gasteiger partial charge in [0.15, 0.2) is 0 Å². The van der Waals surface area contributed by atoms with Crippen LogP contribution in [0.3, 0.4) is 0 Å². The van der Waals surface area contributed by atoms with Crippen LogP contribution in [0.4, 0.5) is 5.69 Å². The summed E-state index contributed by atoms with van der Waals surface area (Å²) in [5.41, 5.74) is 4.18. The molecule has 0 heterocycles. The van der Waals surface area contributed by atoms with Crippen LogP contribution in [0.1, 0.15) is 50.7 Å². The normalized spacial score (nSPS) is 12.5. The van der Waals surface area contributed by atoms with Gasteiger partial charge in [-0.05, 0) is 36.0 Å². The molecular weight excluding hydrogens is 182 g/mol. The van der Waals surface area contributed by atoms with Crippen molar-refractivity contribution >= 4 is 5.69 Å². The molecule has 0 aliphatic heterocycles. The summed E-state index contributed by atoms with van der Waals surface area (Å²) in [6, 6.07) is 6.82. The van der Waals surface area contributed by atoms with E-state index in [4.69, 9.17) is 0 Å². The Balaban J connectivity index is 2.92. The quantitative estimate of drug-likeness (QED) is 0.760. The molecule has 0 amide bonds. The van der Waals surface area contributed by atoms with Crippen LogP contribution in [0.15, 0.2) is 18.2 Å². The summed E-state index contributed by atoms with van der Waals surface area (Å²) in [5, 5.41) is 3.24. The minimum Gasteiger partial charge on any atom is -0.388 e. The highest BCUT2D eigenvalue weighted by atomic mass is 14.8. The van der Waals surface area contributed by atoms with Crippen LogP contribution in [0.2, 0.25) is 0 Å². The summed E-state index contributed by atoms with van der Waals surface area (Å²) in [6.07, 6.45) is 3.64. The third-order valence-electron chi connectivity index (χ3n) is 3.07. The van der Waals surface area contributed by atoms with Crippen molar-refractivity contribution in [1.82, 2.24) is 0 Å². The zero-order valence-electron chi connectivity index (χ0n) is 10.4. The van der Waals surface area contributed by atoms with Gasteiger partial charge in [0.2, 0.25) is 0 Å². The van der Waals surface area contributed by atoms with Gasteiger partial charge in [0, 0.05) is 12.7 Å². The van der Waals surface area contributed by atoms with Crippen molar-refractivity contribution in [2.24, 2.45) is 0 Å². The Morgan fingerprint density at radius 2 is 2.00 bits per heavy atom. The predicted octanol–water partition coefficient (Wildman–Crippen LogP) is 4.19. The molecule has 15 heavy (non-hydrogen) atoms. The van der Waals surface area contributed by atoms with Gasteiger partial charge >= 0.3 is 0 Å². The van der Waals surface area contributed by atoms with E-state index < -0.39 is 0 Å². The molecule has 0 bridgehead atoms. The second-order valence-corrected chi connectivity index (χ2v) is 4.21. The first kappa shape index (κ1) is 12.1. The number of aryl methyl sites for hydroxylation is 1. The van der Waals surface area contributed by atoms with Gasteiger partial charge in [-0.3, -0.25) is 0 Å². The zero-order valence-corrected chi connectivity index (χ0v) is 10.4. The Hall–Kier alpha value is -0.980. The molecule has 0 aliphatic carbocycles. The third kappa shape index (κ3) is 2.98. The Bertz CT molecular complexity index is 304. The number of benzene rings is 1. The number of hydrogen-bond acceptors (Lipinski definition) is 1. The van der Waals surface area contributed by atoms with E-state index in [0.29, 0.717) is 5.92 Å². The third-order valence-corrected chi connectivity index (χ3v) is 3.07. The van der Waals surface area contributed by atoms with Crippen molar-refractivity contribution in [3.63, 3.8) is 0 Å². The van der Waals surface area contributed by atoms with Crippen LogP contribution < -0.4 is 5.32 Å². The predicted molar refractivity (Wildman–Crippen MR) is 68.7 cm³/mol. The Morgan fingerprint density at radius 1 is 1.27 bits per heavy atom. The summed E-state index contributed by atoms with van der Waals surface area (Å²) in [5.74, 6) is 0.686. The number of hydrogen-bond donors (Lipinski definition) is 1. The number of nitrogens with one attached hydrogen (secondary N) is 1. The molecule has 1 N–H and O–H groups in total. The molecular formula is C14H23N. The van der Waals surface area contributed by atoms with E-state index in [1.54, 1.807) is 0 Å². The second-order valence-electron chi connectivity index (χ2n) is 4.21. The lowest BCUT2D eigenvalue weighted by molar-refractivity contribution is 0.664. The molecule has 0 spiro atoms. The van der Waals surface area contributed by atoms with E-state index in [1.807, 2.05) is 7.05 Å². The van der Waals surface area contributed by atoms with Crippen molar-refractivity contribution in [3.8, 4) is 0 Å². The van der Waals surface area contributed by atoms with Crippen molar-refractivity contribution in [1.29, 1.82) is 0 Å². The minimum absolute atomic E-state index is 0.686. The monoisotopic (exact) mass is 205 g/mol. The van der Waals surface area contributed by atoms with Gasteiger partial charge < -0.3 is 5.32 Å². The molecule has 0 saturated carbocycles. The van der Waals surface area contributed by atoms with Crippen LogP contribution in [-0.4, -0.2) is 7.05 Å². The molecule has 0 aliphatic rings. The molecule has 1 rings (SSSR count). The SMILES string of the molecule is CCCC(C)c1ccc(NC)c(CC)c1. The first-order chi connectivity index (χ1) is 7.22. The first-order valence-electron chi connectivity index (χ1n) is 6.03. The van der Waals surface area contributed by atoms with Crippen LogP contribution in [0.5, 0.6) is 0 Å². The minimum atomic E-state index is 0.686. The van der Waals surface area contributed by atoms with Gasteiger partial charge in [0.05, 0.1) is 0 Å². The van der Waals surface area contributed by atoms with Crippen LogP contribution in [0, 0.1) is 0 Å². The van der Waals surface area contributed by atoms with Gasteiger partial charge in [-0.25, -0.2) is 0 Å². The summed E-state index contributed by atoms with van der Waals surface area (Å²) < 4.78 is 0. The summed E-state index contributed by atoms with van der Waals surface area (Å²) in [4.78, 5) is 0. The van der Waals surface area contributed by atoms with Gasteiger partial charge in [-0.15, -0.1) is 0 Å². The van der Waals surface area contributed by atoms with Crippen molar-refractivity contribution < 1.29 is 0 Å².